The monoisotopic (exact) mass is 497 g/mol. The van der Waals surface area contributed by atoms with Gasteiger partial charge in [-0.05, 0) is 30.2 Å². The number of nitrogens with two attached hydrogens (primary N) is 1. The van der Waals surface area contributed by atoms with Crippen LogP contribution < -0.4 is 5.73 Å². The van der Waals surface area contributed by atoms with E-state index in [0.717, 1.165) is 18.2 Å². The van der Waals surface area contributed by atoms with Crippen molar-refractivity contribution in [2.24, 2.45) is 5.73 Å². The summed E-state index contributed by atoms with van der Waals surface area (Å²) in [6, 6.07) is 8.85. The highest BCUT2D eigenvalue weighted by Crippen LogP contribution is 2.38. The van der Waals surface area contributed by atoms with Crippen molar-refractivity contribution in [3.8, 4) is 22.5 Å². The normalized spacial score (nSPS) is 14.1. The van der Waals surface area contributed by atoms with E-state index in [-0.39, 0.29) is 46.1 Å². The molecule has 188 valence electrons. The molecule has 1 saturated heterocycles. The molecule has 1 aromatic heterocycles. The average Bonchev–Trinajstić information content (AvgIpc) is 3.22. The SMILES string of the molecule is CC(=O)N1CCN(CCc2c(-c3cc(F)cc(F)c3)[nH]c(-c3ccccc3[N+](=O)[O-])c2C(N)=O)CC1. The number of nitrogens with one attached hydrogen (secondary N) is 1. The summed E-state index contributed by atoms with van der Waals surface area (Å²) in [5.41, 5.74) is 6.62. The Hall–Kier alpha value is -4.12. The second kappa shape index (κ2) is 10.2. The minimum atomic E-state index is -0.820. The van der Waals surface area contributed by atoms with Gasteiger partial charge in [0.1, 0.15) is 11.6 Å². The van der Waals surface area contributed by atoms with Crippen molar-refractivity contribution in [3.63, 3.8) is 0 Å². The molecular weight excluding hydrogens is 472 g/mol. The number of nitro groups is 1. The number of piperazine rings is 1. The fourth-order valence-electron chi connectivity index (χ4n) is 4.61. The zero-order chi connectivity index (χ0) is 26.0. The van der Waals surface area contributed by atoms with Crippen molar-refractivity contribution in [2.75, 3.05) is 32.7 Å². The van der Waals surface area contributed by atoms with E-state index in [1.54, 1.807) is 11.0 Å². The Bertz CT molecular complexity index is 1310. The Balaban J connectivity index is 1.80. The summed E-state index contributed by atoms with van der Waals surface area (Å²) in [6.45, 7) is 4.37. The van der Waals surface area contributed by atoms with E-state index < -0.39 is 22.5 Å². The summed E-state index contributed by atoms with van der Waals surface area (Å²) >= 11 is 0. The van der Waals surface area contributed by atoms with E-state index in [0.29, 0.717) is 38.3 Å². The Morgan fingerprint density at radius 1 is 1.06 bits per heavy atom. The number of hydrogen-bond donors (Lipinski definition) is 2. The Morgan fingerprint density at radius 2 is 1.69 bits per heavy atom. The van der Waals surface area contributed by atoms with Crippen LogP contribution in [0, 0.1) is 21.7 Å². The molecule has 1 fully saturated rings. The van der Waals surface area contributed by atoms with Crippen molar-refractivity contribution in [2.45, 2.75) is 13.3 Å². The van der Waals surface area contributed by atoms with Crippen LogP contribution in [0.1, 0.15) is 22.8 Å². The number of aromatic nitrogens is 1. The molecule has 1 aliphatic rings. The van der Waals surface area contributed by atoms with Gasteiger partial charge in [-0.1, -0.05) is 12.1 Å². The van der Waals surface area contributed by atoms with Gasteiger partial charge in [0.15, 0.2) is 0 Å². The maximum atomic E-state index is 14.1. The molecule has 0 unspecified atom stereocenters. The molecule has 2 amide bonds. The van der Waals surface area contributed by atoms with Crippen LogP contribution >= 0.6 is 0 Å². The van der Waals surface area contributed by atoms with Gasteiger partial charge in [-0.25, -0.2) is 8.78 Å². The molecule has 11 heteroatoms. The van der Waals surface area contributed by atoms with E-state index in [1.165, 1.54) is 25.1 Å². The van der Waals surface area contributed by atoms with Gasteiger partial charge in [0.2, 0.25) is 5.91 Å². The molecule has 4 rings (SSSR count). The third-order valence-electron chi connectivity index (χ3n) is 6.37. The van der Waals surface area contributed by atoms with E-state index in [1.807, 2.05) is 0 Å². The molecule has 0 spiro atoms. The lowest BCUT2D eigenvalue weighted by atomic mass is 9.97. The molecule has 3 N–H and O–H groups in total. The number of primary amides is 1. The van der Waals surface area contributed by atoms with E-state index >= 15 is 0 Å². The van der Waals surface area contributed by atoms with Crippen molar-refractivity contribution in [1.29, 1.82) is 0 Å². The van der Waals surface area contributed by atoms with Crippen molar-refractivity contribution in [3.05, 3.63) is 75.3 Å². The molecule has 0 atom stereocenters. The maximum Gasteiger partial charge on any atom is 0.278 e. The lowest BCUT2D eigenvalue weighted by Crippen LogP contribution is -2.48. The third kappa shape index (κ3) is 5.10. The largest absolute Gasteiger partial charge is 0.366 e. The van der Waals surface area contributed by atoms with E-state index in [9.17, 15) is 28.5 Å². The number of amides is 2. The molecular formula is C25H25F2N5O4. The Morgan fingerprint density at radius 3 is 2.28 bits per heavy atom. The molecule has 36 heavy (non-hydrogen) atoms. The maximum absolute atomic E-state index is 14.1. The minimum absolute atomic E-state index is 0.000753. The lowest BCUT2D eigenvalue weighted by Gasteiger charge is -2.34. The van der Waals surface area contributed by atoms with Gasteiger partial charge >= 0.3 is 0 Å². The van der Waals surface area contributed by atoms with Crippen LogP contribution in [0.15, 0.2) is 42.5 Å². The number of H-pyrrole nitrogens is 1. The molecule has 0 aliphatic carbocycles. The number of carbonyl (C=O) groups is 2. The number of para-hydroxylation sites is 1. The standard InChI is InChI=1S/C25H25F2N5O4/c1-15(33)31-10-8-30(9-11-31)7-6-20-22(25(28)34)24(19-4-2-3-5-21(19)32(35)36)29-23(20)16-12-17(26)14-18(27)13-16/h2-5,12-14,29H,6-11H2,1H3,(H2,28,34). The van der Waals surface area contributed by atoms with Gasteiger partial charge in [-0.2, -0.15) is 0 Å². The highest BCUT2D eigenvalue weighted by molar-refractivity contribution is 6.03. The van der Waals surface area contributed by atoms with Crippen LogP contribution in [0.3, 0.4) is 0 Å². The van der Waals surface area contributed by atoms with Crippen LogP contribution in [0.25, 0.3) is 22.5 Å². The number of rotatable bonds is 7. The fraction of sp³-hybridized carbons (Fsp3) is 0.280. The minimum Gasteiger partial charge on any atom is -0.366 e. The summed E-state index contributed by atoms with van der Waals surface area (Å²) in [4.78, 5) is 42.3. The van der Waals surface area contributed by atoms with Gasteiger partial charge < -0.3 is 15.6 Å². The number of benzene rings is 2. The first-order valence-corrected chi connectivity index (χ1v) is 11.4. The zero-order valence-electron chi connectivity index (χ0n) is 19.6. The van der Waals surface area contributed by atoms with Crippen molar-refractivity contribution < 1.29 is 23.3 Å². The van der Waals surface area contributed by atoms with Crippen LogP contribution in [0.5, 0.6) is 0 Å². The first-order valence-electron chi connectivity index (χ1n) is 11.4. The van der Waals surface area contributed by atoms with Gasteiger partial charge in [-0.3, -0.25) is 24.6 Å². The summed E-state index contributed by atoms with van der Waals surface area (Å²) < 4.78 is 28.2. The second-order valence-corrected chi connectivity index (χ2v) is 8.62. The summed E-state index contributed by atoms with van der Waals surface area (Å²) in [5.74, 6) is -2.43. The number of aromatic amines is 1. The van der Waals surface area contributed by atoms with Crippen LogP contribution in [0.4, 0.5) is 14.5 Å². The molecule has 2 heterocycles. The van der Waals surface area contributed by atoms with Gasteiger partial charge in [0, 0.05) is 57.3 Å². The van der Waals surface area contributed by atoms with Crippen LogP contribution in [0.2, 0.25) is 0 Å². The second-order valence-electron chi connectivity index (χ2n) is 8.62. The summed E-state index contributed by atoms with van der Waals surface area (Å²) in [5, 5.41) is 11.7. The van der Waals surface area contributed by atoms with Crippen molar-refractivity contribution in [1.82, 2.24) is 14.8 Å². The molecule has 2 aromatic carbocycles. The highest BCUT2D eigenvalue weighted by atomic mass is 19.1. The smallest absolute Gasteiger partial charge is 0.278 e. The van der Waals surface area contributed by atoms with Gasteiger partial charge in [0.05, 0.1) is 27.4 Å². The van der Waals surface area contributed by atoms with Crippen LogP contribution in [-0.4, -0.2) is 64.2 Å². The molecule has 0 radical (unpaired) electrons. The predicted molar refractivity (Wildman–Crippen MR) is 129 cm³/mol. The third-order valence-corrected chi connectivity index (χ3v) is 6.37. The molecule has 0 bridgehead atoms. The van der Waals surface area contributed by atoms with Crippen molar-refractivity contribution >= 4 is 17.5 Å². The number of nitrogens with zero attached hydrogens (tertiary/aromatic N) is 3. The number of hydrogen-bond acceptors (Lipinski definition) is 5. The first kappa shape index (κ1) is 25.0. The topological polar surface area (TPSA) is 126 Å². The van der Waals surface area contributed by atoms with Gasteiger partial charge in [0.25, 0.3) is 11.6 Å². The van der Waals surface area contributed by atoms with Crippen LogP contribution in [-0.2, 0) is 11.2 Å². The average molecular weight is 498 g/mol. The number of nitro benzene ring substituents is 1. The molecule has 0 saturated carbocycles. The molecule has 9 nitrogen and oxygen atoms in total. The summed E-state index contributed by atoms with van der Waals surface area (Å²) in [7, 11) is 0. The van der Waals surface area contributed by atoms with E-state index in [4.69, 9.17) is 5.73 Å². The molecule has 3 aromatic rings. The Labute approximate surface area is 205 Å². The fourth-order valence-corrected chi connectivity index (χ4v) is 4.61. The lowest BCUT2D eigenvalue weighted by molar-refractivity contribution is -0.384. The van der Waals surface area contributed by atoms with Gasteiger partial charge in [-0.15, -0.1) is 0 Å². The number of carbonyl (C=O) groups excluding carboxylic acids is 2. The van der Waals surface area contributed by atoms with E-state index in [2.05, 4.69) is 9.88 Å². The first-order chi connectivity index (χ1) is 17.2. The predicted octanol–water partition coefficient (Wildman–Crippen LogP) is 3.34. The molecule has 1 aliphatic heterocycles. The number of halogens is 2. The Kier molecular flexibility index (Phi) is 7.11. The highest BCUT2D eigenvalue weighted by Gasteiger charge is 2.28. The quantitative estimate of drug-likeness (QED) is 0.383. The zero-order valence-corrected chi connectivity index (χ0v) is 19.6. The summed E-state index contributed by atoms with van der Waals surface area (Å²) in [6.07, 6.45) is 0.281.